The molecule has 4 aliphatic heterocycles. The number of phenols is 3. The van der Waals surface area contributed by atoms with Crippen LogP contribution in [-0.2, 0) is 14.3 Å². The number of carbonyl (C=O) groups excluding carboxylic acids is 2. The zero-order valence-corrected chi connectivity index (χ0v) is 33.5. The number of Topliss-reactive ketones (excluding diaryl/α,β-unsaturated/α-hetero) is 1. The molecule has 4 aliphatic rings. The first-order valence-corrected chi connectivity index (χ1v) is 18.9. The summed E-state index contributed by atoms with van der Waals surface area (Å²) in [5.74, 6) is -7.59. The highest BCUT2D eigenvalue weighted by Crippen LogP contribution is 2.55. The molecule has 1 saturated heterocycles. The number of allylic oxidation sites excluding steroid dienone is 2. The van der Waals surface area contributed by atoms with Crippen LogP contribution in [0, 0.1) is 30.6 Å². The molecule has 5 bridgehead atoms. The molecule has 15 nitrogen and oxygen atoms in total. The molecule has 56 heavy (non-hydrogen) atoms. The van der Waals surface area contributed by atoms with E-state index in [1.807, 2.05) is 7.05 Å². The van der Waals surface area contributed by atoms with Crippen LogP contribution < -0.4 is 10.1 Å². The number of hydrogen-bond acceptors (Lipinski definition) is 14. The molecule has 0 aromatic heterocycles. The third-order valence-corrected chi connectivity index (χ3v) is 11.6. The molecule has 4 heterocycles. The topological polar surface area (TPSA) is 214 Å². The van der Waals surface area contributed by atoms with Crippen LogP contribution in [0.1, 0.15) is 63.0 Å². The van der Waals surface area contributed by atoms with E-state index in [9.17, 15) is 40.2 Å². The molecule has 9 atom stereocenters. The van der Waals surface area contributed by atoms with Gasteiger partial charge in [-0.1, -0.05) is 45.9 Å². The average Bonchev–Trinajstić information content (AvgIpc) is 3.44. The number of aliphatic hydroxyl groups excluding tert-OH is 3. The number of benzene rings is 2. The summed E-state index contributed by atoms with van der Waals surface area (Å²) in [5.41, 5.74) is -0.290. The predicted molar refractivity (Wildman–Crippen MR) is 211 cm³/mol. The number of aliphatic hydroxyl groups is 3. The van der Waals surface area contributed by atoms with Crippen LogP contribution in [0.4, 0.5) is 5.69 Å². The van der Waals surface area contributed by atoms with Gasteiger partial charge >= 0.3 is 5.79 Å². The highest BCUT2D eigenvalue weighted by molar-refractivity contribution is 6.23. The lowest BCUT2D eigenvalue weighted by Crippen LogP contribution is -2.44. The van der Waals surface area contributed by atoms with Crippen LogP contribution in [0.3, 0.4) is 0 Å². The Labute approximate surface area is 327 Å². The number of ketones is 1. The molecule has 15 heteroatoms. The van der Waals surface area contributed by atoms with Crippen LogP contribution in [0.25, 0.3) is 10.8 Å². The van der Waals surface area contributed by atoms with Gasteiger partial charge in [-0.05, 0) is 27.0 Å². The number of anilines is 1. The number of amides is 1. The fraction of sp³-hybridized carbons (Fsp3) is 0.537. The van der Waals surface area contributed by atoms with Crippen molar-refractivity contribution >= 4 is 34.4 Å². The van der Waals surface area contributed by atoms with Gasteiger partial charge in [0.05, 0.1) is 59.1 Å². The normalized spacial score (nSPS) is 31.2. The minimum atomic E-state index is -2.01. The van der Waals surface area contributed by atoms with Crippen LogP contribution in [0.2, 0.25) is 0 Å². The van der Waals surface area contributed by atoms with Crippen molar-refractivity contribution in [2.75, 3.05) is 45.7 Å². The zero-order chi connectivity index (χ0) is 41.4. The van der Waals surface area contributed by atoms with E-state index >= 15 is 0 Å². The van der Waals surface area contributed by atoms with E-state index in [0.717, 1.165) is 13.1 Å². The first-order chi connectivity index (χ1) is 26.3. The minimum absolute atomic E-state index is 0.0688. The summed E-state index contributed by atoms with van der Waals surface area (Å²) in [5, 5.41) is 77.6. The summed E-state index contributed by atoms with van der Waals surface area (Å²) in [6.07, 6.45) is 4.79. The lowest BCUT2D eigenvalue weighted by molar-refractivity contribution is -0.112. The monoisotopic (exact) mass is 780 g/mol. The molecule has 306 valence electrons. The molecule has 0 aliphatic carbocycles. The Kier molecular flexibility index (Phi) is 12.8. The minimum Gasteiger partial charge on any atom is -0.507 e. The summed E-state index contributed by atoms with van der Waals surface area (Å²) in [6, 6.07) is 0. The number of piperazine rings is 1. The van der Waals surface area contributed by atoms with Gasteiger partial charge in [-0.25, -0.2) is 0 Å². The summed E-state index contributed by atoms with van der Waals surface area (Å²) in [7, 11) is 3.43. The van der Waals surface area contributed by atoms with Gasteiger partial charge in [0.2, 0.25) is 0 Å². The van der Waals surface area contributed by atoms with Gasteiger partial charge in [0.1, 0.15) is 17.2 Å². The van der Waals surface area contributed by atoms with Gasteiger partial charge in [0, 0.05) is 80.4 Å². The third kappa shape index (κ3) is 7.96. The molecule has 2 aromatic carbocycles. The number of phenolic OH excluding ortho intramolecular Hbond substituents is 3. The van der Waals surface area contributed by atoms with E-state index in [-0.39, 0.29) is 44.5 Å². The number of aromatic hydroxyl groups is 3. The predicted octanol–water partition coefficient (Wildman–Crippen LogP) is 3.76. The maximum atomic E-state index is 14.3. The Hall–Kier alpha value is -4.67. The SMILES string of the molecule is CO[C@H]1C=CO[C@@]2(C)Oc3c(C)c(O)c4c(O)c(c(C=NN5CCN(C)CC5)c(O)c4c3C2=O)NC(=O)C(C)=CC=C[C@H](C)[C@H](O)[C@@H](C)[C@@H](O)[C@@H](C)[C@H](O)[C@H]1C. The molecular formula is C41H56N4O11. The fourth-order valence-corrected chi connectivity index (χ4v) is 7.53. The molecule has 7 N–H and O–H groups in total. The van der Waals surface area contributed by atoms with Gasteiger partial charge in [0.25, 0.3) is 11.7 Å². The molecule has 0 saturated carbocycles. The van der Waals surface area contributed by atoms with E-state index in [0.29, 0.717) is 13.1 Å². The number of ether oxygens (including phenoxy) is 3. The van der Waals surface area contributed by atoms with E-state index in [2.05, 4.69) is 15.3 Å². The number of methoxy groups -OCH3 is 1. The number of hydrazone groups is 1. The lowest BCUT2D eigenvalue weighted by atomic mass is 9.78. The first kappa shape index (κ1) is 42.5. The maximum absolute atomic E-state index is 14.3. The van der Waals surface area contributed by atoms with Crippen molar-refractivity contribution in [1.82, 2.24) is 9.91 Å². The molecule has 6 rings (SSSR count). The van der Waals surface area contributed by atoms with E-state index in [4.69, 9.17) is 14.2 Å². The zero-order valence-electron chi connectivity index (χ0n) is 33.5. The van der Waals surface area contributed by atoms with Crippen LogP contribution in [0.5, 0.6) is 23.0 Å². The third-order valence-electron chi connectivity index (χ3n) is 11.6. The Morgan fingerprint density at radius 2 is 1.52 bits per heavy atom. The summed E-state index contributed by atoms with van der Waals surface area (Å²) < 4.78 is 17.7. The Morgan fingerprint density at radius 3 is 2.16 bits per heavy atom. The molecule has 1 fully saturated rings. The Balaban J connectivity index is 1.70. The summed E-state index contributed by atoms with van der Waals surface area (Å²) in [4.78, 5) is 30.1. The number of rotatable bonds is 3. The Morgan fingerprint density at radius 1 is 0.893 bits per heavy atom. The number of nitrogens with one attached hydrogen (secondary N) is 1. The molecule has 2 aromatic rings. The number of nitrogens with zero attached hydrogens (tertiary/aromatic N) is 3. The molecule has 1 amide bonds. The fourth-order valence-electron chi connectivity index (χ4n) is 7.53. The van der Waals surface area contributed by atoms with Crippen molar-refractivity contribution < 1.29 is 54.4 Å². The van der Waals surface area contributed by atoms with Crippen molar-refractivity contribution in [3.63, 3.8) is 0 Å². The second-order valence-electron chi connectivity index (χ2n) is 15.5. The second-order valence-corrected chi connectivity index (χ2v) is 15.5. The van der Waals surface area contributed by atoms with E-state index in [1.165, 1.54) is 52.5 Å². The van der Waals surface area contributed by atoms with Crippen molar-refractivity contribution in [1.29, 1.82) is 0 Å². The van der Waals surface area contributed by atoms with Gasteiger partial charge in [-0.15, -0.1) is 0 Å². The van der Waals surface area contributed by atoms with Crippen LogP contribution >= 0.6 is 0 Å². The average molecular weight is 781 g/mol. The quantitative estimate of drug-likeness (QED) is 0.134. The maximum Gasteiger partial charge on any atom is 0.312 e. The Bertz CT molecular complexity index is 1950. The van der Waals surface area contributed by atoms with Crippen LogP contribution in [0.15, 0.2) is 41.2 Å². The van der Waals surface area contributed by atoms with E-state index < -0.39 is 82.8 Å². The van der Waals surface area contributed by atoms with Crippen molar-refractivity contribution in [2.24, 2.45) is 28.8 Å². The summed E-state index contributed by atoms with van der Waals surface area (Å²) in [6.45, 7) is 13.8. The van der Waals surface area contributed by atoms with Gasteiger partial charge in [0.15, 0.2) is 5.75 Å². The number of hydrogen-bond donors (Lipinski definition) is 7. The van der Waals surface area contributed by atoms with Gasteiger partial charge < -0.3 is 55.1 Å². The smallest absolute Gasteiger partial charge is 0.312 e. The number of carbonyl (C=O) groups is 2. The van der Waals surface area contributed by atoms with Crippen molar-refractivity contribution in [2.45, 2.75) is 78.7 Å². The molecule has 0 unspecified atom stereocenters. The number of likely N-dealkylation sites (N-methyl/N-ethyl adjacent to an activating group) is 1. The van der Waals surface area contributed by atoms with Gasteiger partial charge in [-0.3, -0.25) is 14.6 Å². The van der Waals surface area contributed by atoms with Crippen LogP contribution in [-0.4, -0.2) is 129 Å². The van der Waals surface area contributed by atoms with Gasteiger partial charge in [-0.2, -0.15) is 5.10 Å². The molecule has 0 spiro atoms. The lowest BCUT2D eigenvalue weighted by Gasteiger charge is -2.36. The van der Waals surface area contributed by atoms with Crippen molar-refractivity contribution in [3.8, 4) is 23.0 Å². The summed E-state index contributed by atoms with van der Waals surface area (Å²) >= 11 is 0. The highest BCUT2D eigenvalue weighted by Gasteiger charge is 2.50. The highest BCUT2D eigenvalue weighted by atomic mass is 16.7. The van der Waals surface area contributed by atoms with E-state index in [1.54, 1.807) is 44.9 Å². The molecular weight excluding hydrogens is 724 g/mol. The van der Waals surface area contributed by atoms with Crippen molar-refractivity contribution in [3.05, 3.63) is 52.8 Å². The first-order valence-electron chi connectivity index (χ1n) is 18.9. The largest absolute Gasteiger partial charge is 0.507 e. The second kappa shape index (κ2) is 16.8. The standard InChI is InChI=1S/C41H56N4O11/c1-20-11-10-12-21(2)40(53)43-31-26(19-42-45-16-14-44(8)15-17-45)36(50)28-29(37(31)51)35(49)25(6)38-30(28)39(52)41(7,56-38)55-18-13-27(54-9)22(3)33(47)24(5)34(48)23(4)32(20)46/h10-13,18-20,22-24,27,32-34,46-51H,14-17H2,1-9H3,(H,43,53)/t20-,22-,23+,24-,27-,32-,33+,34+,41-/m0/s1. The number of fused-ring (bicyclic) bond motifs is 14. The molecule has 0 radical (unpaired) electrons.